The van der Waals surface area contributed by atoms with Crippen LogP contribution in [-0.4, -0.2) is 4.98 Å². The molecule has 1 aromatic heterocycles. The van der Waals surface area contributed by atoms with E-state index in [9.17, 15) is 0 Å². The number of benzene rings is 1. The van der Waals surface area contributed by atoms with Gasteiger partial charge in [0, 0.05) is 12.2 Å². The second kappa shape index (κ2) is 5.84. The second-order valence-electron chi connectivity index (χ2n) is 6.08. The Balaban J connectivity index is 2.14. The molecule has 2 rings (SSSR count). The molecule has 0 saturated heterocycles. The molecular formula is C17H21ClN2. The van der Waals surface area contributed by atoms with Crippen LogP contribution in [0.5, 0.6) is 0 Å². The van der Waals surface area contributed by atoms with Crippen LogP contribution in [0.3, 0.4) is 0 Å². The van der Waals surface area contributed by atoms with Gasteiger partial charge in [-0.1, -0.05) is 56.6 Å². The predicted molar refractivity (Wildman–Crippen MR) is 86.4 cm³/mol. The fraction of sp³-hybridized carbons (Fsp3) is 0.353. The molecule has 0 aliphatic rings. The zero-order chi connectivity index (χ0) is 14.8. The van der Waals surface area contributed by atoms with Crippen LogP contribution < -0.4 is 5.32 Å². The lowest BCUT2D eigenvalue weighted by Crippen LogP contribution is -2.12. The molecule has 3 heteroatoms. The number of aromatic nitrogens is 1. The van der Waals surface area contributed by atoms with Gasteiger partial charge >= 0.3 is 0 Å². The molecule has 1 atom stereocenters. The molecule has 20 heavy (non-hydrogen) atoms. The summed E-state index contributed by atoms with van der Waals surface area (Å²) in [7, 11) is 0. The van der Waals surface area contributed by atoms with Crippen LogP contribution in [0.2, 0.25) is 5.15 Å². The Kier molecular flexibility index (Phi) is 4.34. The normalized spacial score (nSPS) is 13.1. The topological polar surface area (TPSA) is 24.9 Å². The van der Waals surface area contributed by atoms with Crippen molar-refractivity contribution in [2.24, 2.45) is 0 Å². The summed E-state index contributed by atoms with van der Waals surface area (Å²) in [6.45, 7) is 8.78. The molecule has 2 aromatic rings. The standard InChI is InChI=1S/C17H21ClN2/c1-12(20-15-6-5-11-19-16(15)18)13-7-9-14(10-8-13)17(2,3)4/h5-12,20H,1-4H3. The second-order valence-corrected chi connectivity index (χ2v) is 6.44. The van der Waals surface area contributed by atoms with Crippen molar-refractivity contribution in [3.63, 3.8) is 0 Å². The summed E-state index contributed by atoms with van der Waals surface area (Å²) < 4.78 is 0. The van der Waals surface area contributed by atoms with Crippen molar-refractivity contribution in [2.45, 2.75) is 39.2 Å². The zero-order valence-corrected chi connectivity index (χ0v) is 13.2. The lowest BCUT2D eigenvalue weighted by atomic mass is 9.86. The van der Waals surface area contributed by atoms with Crippen LogP contribution in [0, 0.1) is 0 Å². The van der Waals surface area contributed by atoms with Crippen LogP contribution in [0.25, 0.3) is 0 Å². The molecule has 1 heterocycles. The first kappa shape index (κ1) is 14.9. The number of halogens is 1. The first-order valence-corrected chi connectivity index (χ1v) is 7.23. The summed E-state index contributed by atoms with van der Waals surface area (Å²) in [4.78, 5) is 4.08. The van der Waals surface area contributed by atoms with Gasteiger partial charge < -0.3 is 5.32 Å². The van der Waals surface area contributed by atoms with E-state index in [2.05, 4.69) is 62.3 Å². The Labute approximate surface area is 126 Å². The number of pyridine rings is 1. The Morgan fingerprint density at radius 1 is 1.10 bits per heavy atom. The summed E-state index contributed by atoms with van der Waals surface area (Å²) in [6.07, 6.45) is 1.69. The summed E-state index contributed by atoms with van der Waals surface area (Å²) in [5.41, 5.74) is 3.62. The van der Waals surface area contributed by atoms with Gasteiger partial charge in [0.1, 0.15) is 0 Å². The van der Waals surface area contributed by atoms with Crippen molar-refractivity contribution in [1.82, 2.24) is 4.98 Å². The average molecular weight is 289 g/mol. The molecule has 0 saturated carbocycles. The molecule has 0 aliphatic heterocycles. The highest BCUT2D eigenvalue weighted by atomic mass is 35.5. The van der Waals surface area contributed by atoms with Gasteiger partial charge in [-0.25, -0.2) is 4.98 Å². The number of hydrogen-bond donors (Lipinski definition) is 1. The lowest BCUT2D eigenvalue weighted by molar-refractivity contribution is 0.589. The monoisotopic (exact) mass is 288 g/mol. The number of nitrogens with one attached hydrogen (secondary N) is 1. The third kappa shape index (κ3) is 3.51. The molecule has 0 aliphatic carbocycles. The molecular weight excluding hydrogens is 268 g/mol. The predicted octanol–water partition coefficient (Wildman–Crippen LogP) is 5.21. The molecule has 1 N–H and O–H groups in total. The Bertz CT molecular complexity index is 570. The van der Waals surface area contributed by atoms with Gasteiger partial charge in [0.15, 0.2) is 5.15 Å². The molecule has 106 valence electrons. The van der Waals surface area contributed by atoms with E-state index in [4.69, 9.17) is 11.6 Å². The summed E-state index contributed by atoms with van der Waals surface area (Å²) in [5.74, 6) is 0. The molecule has 0 radical (unpaired) electrons. The Morgan fingerprint density at radius 3 is 2.30 bits per heavy atom. The van der Waals surface area contributed by atoms with E-state index in [0.29, 0.717) is 5.15 Å². The van der Waals surface area contributed by atoms with E-state index in [1.54, 1.807) is 6.20 Å². The van der Waals surface area contributed by atoms with Crippen LogP contribution >= 0.6 is 11.6 Å². The number of nitrogens with zero attached hydrogens (tertiary/aromatic N) is 1. The minimum absolute atomic E-state index is 0.182. The molecule has 1 aromatic carbocycles. The van der Waals surface area contributed by atoms with Gasteiger partial charge in [0.25, 0.3) is 0 Å². The lowest BCUT2D eigenvalue weighted by Gasteiger charge is -2.21. The van der Waals surface area contributed by atoms with Crippen LogP contribution in [-0.2, 0) is 5.41 Å². The molecule has 0 amide bonds. The van der Waals surface area contributed by atoms with Crippen molar-refractivity contribution in [3.8, 4) is 0 Å². The van der Waals surface area contributed by atoms with Crippen molar-refractivity contribution in [3.05, 3.63) is 58.9 Å². The highest BCUT2D eigenvalue weighted by molar-refractivity contribution is 6.31. The van der Waals surface area contributed by atoms with Crippen molar-refractivity contribution in [1.29, 1.82) is 0 Å². The minimum atomic E-state index is 0.182. The van der Waals surface area contributed by atoms with Crippen molar-refractivity contribution in [2.75, 3.05) is 5.32 Å². The first-order chi connectivity index (χ1) is 9.38. The van der Waals surface area contributed by atoms with Crippen molar-refractivity contribution >= 4 is 17.3 Å². The Hall–Kier alpha value is -1.54. The molecule has 0 bridgehead atoms. The number of hydrogen-bond acceptors (Lipinski definition) is 2. The molecule has 1 unspecified atom stereocenters. The Morgan fingerprint density at radius 2 is 1.75 bits per heavy atom. The molecule has 0 fully saturated rings. The maximum atomic E-state index is 6.07. The zero-order valence-electron chi connectivity index (χ0n) is 12.4. The van der Waals surface area contributed by atoms with Gasteiger partial charge in [-0.2, -0.15) is 0 Å². The smallest absolute Gasteiger partial charge is 0.152 e. The summed E-state index contributed by atoms with van der Waals surface area (Å²) in [6, 6.07) is 12.7. The highest BCUT2D eigenvalue weighted by Crippen LogP contribution is 2.27. The fourth-order valence-corrected chi connectivity index (χ4v) is 2.26. The summed E-state index contributed by atoms with van der Waals surface area (Å²) >= 11 is 6.07. The van der Waals surface area contributed by atoms with Crippen LogP contribution in [0.4, 0.5) is 5.69 Å². The third-order valence-corrected chi connectivity index (χ3v) is 3.71. The molecule has 0 spiro atoms. The quantitative estimate of drug-likeness (QED) is 0.785. The number of rotatable bonds is 3. The van der Waals surface area contributed by atoms with Gasteiger partial charge in [-0.15, -0.1) is 0 Å². The summed E-state index contributed by atoms with van der Waals surface area (Å²) in [5, 5.41) is 3.90. The average Bonchev–Trinajstić information content (AvgIpc) is 2.40. The minimum Gasteiger partial charge on any atom is -0.376 e. The van der Waals surface area contributed by atoms with Crippen LogP contribution in [0.15, 0.2) is 42.6 Å². The van der Waals surface area contributed by atoms with Crippen LogP contribution in [0.1, 0.15) is 44.9 Å². The SMILES string of the molecule is CC(Nc1cccnc1Cl)c1ccc(C(C)(C)C)cc1. The van der Waals surface area contributed by atoms with E-state index >= 15 is 0 Å². The highest BCUT2D eigenvalue weighted by Gasteiger charge is 2.14. The van der Waals surface area contributed by atoms with E-state index < -0.39 is 0 Å². The van der Waals surface area contributed by atoms with Gasteiger partial charge in [-0.05, 0) is 35.6 Å². The van der Waals surface area contributed by atoms with E-state index in [1.165, 1.54) is 11.1 Å². The fourth-order valence-electron chi connectivity index (χ4n) is 2.08. The third-order valence-electron chi connectivity index (χ3n) is 3.41. The first-order valence-electron chi connectivity index (χ1n) is 6.85. The van der Waals surface area contributed by atoms with E-state index in [1.807, 2.05) is 12.1 Å². The van der Waals surface area contributed by atoms with Crippen molar-refractivity contribution < 1.29 is 0 Å². The number of anilines is 1. The largest absolute Gasteiger partial charge is 0.376 e. The maximum Gasteiger partial charge on any atom is 0.152 e. The van der Waals surface area contributed by atoms with Gasteiger partial charge in [0.05, 0.1) is 5.69 Å². The molecule has 2 nitrogen and oxygen atoms in total. The van der Waals surface area contributed by atoms with E-state index in [0.717, 1.165) is 5.69 Å². The van der Waals surface area contributed by atoms with E-state index in [-0.39, 0.29) is 11.5 Å². The van der Waals surface area contributed by atoms with Gasteiger partial charge in [0.2, 0.25) is 0 Å². The maximum absolute atomic E-state index is 6.07. The van der Waals surface area contributed by atoms with Gasteiger partial charge in [-0.3, -0.25) is 0 Å².